The number of nitrogens with two attached hydrogens (primary N) is 1. The second-order valence-corrected chi connectivity index (χ2v) is 4.64. The van der Waals surface area contributed by atoms with Gasteiger partial charge in [0.2, 0.25) is 0 Å². The van der Waals surface area contributed by atoms with Crippen LogP contribution in [0.5, 0.6) is 0 Å². The van der Waals surface area contributed by atoms with Gasteiger partial charge in [-0.3, -0.25) is 0 Å². The lowest BCUT2D eigenvalue weighted by molar-refractivity contribution is 1.39. The third-order valence-electron chi connectivity index (χ3n) is 2.58. The first kappa shape index (κ1) is 11.4. The lowest BCUT2D eigenvalue weighted by Gasteiger charge is -2.07. The number of nitriles is 1. The molecule has 0 spiro atoms. The quantitative estimate of drug-likeness (QED) is 0.818. The summed E-state index contributed by atoms with van der Waals surface area (Å²) in [7, 11) is 0. The van der Waals surface area contributed by atoms with Crippen molar-refractivity contribution < 1.29 is 0 Å². The molecule has 0 aliphatic heterocycles. The second-order valence-electron chi connectivity index (χ2n) is 3.69. The number of hydrogen-bond donors (Lipinski definition) is 1. The molecule has 0 fully saturated rings. The van der Waals surface area contributed by atoms with E-state index in [2.05, 4.69) is 6.07 Å². The van der Waals surface area contributed by atoms with Gasteiger partial charge in [-0.15, -0.1) is 11.3 Å². The Balaban J connectivity index is 2.58. The van der Waals surface area contributed by atoms with Gasteiger partial charge in [0, 0.05) is 10.4 Å². The van der Waals surface area contributed by atoms with E-state index in [1.165, 1.54) is 11.3 Å². The molecule has 2 aromatic rings. The summed E-state index contributed by atoms with van der Waals surface area (Å²) in [4.78, 5) is 0.910. The minimum absolute atomic E-state index is 0.549. The molecule has 2 rings (SSSR count). The highest BCUT2D eigenvalue weighted by Crippen LogP contribution is 2.26. The van der Waals surface area contributed by atoms with E-state index in [1.54, 1.807) is 0 Å². The van der Waals surface area contributed by atoms with E-state index < -0.39 is 0 Å². The standard InChI is InChI=1S/C14H12N2S/c1-10-5-2-3-6-11(10)14(16)12(9-15)13-7-4-8-17-13/h2-8H,16H2,1H3/b14-12+. The van der Waals surface area contributed by atoms with Crippen LogP contribution in [0.25, 0.3) is 11.3 Å². The molecule has 0 saturated carbocycles. The topological polar surface area (TPSA) is 49.8 Å². The zero-order valence-electron chi connectivity index (χ0n) is 9.47. The van der Waals surface area contributed by atoms with Crippen LogP contribution in [0.1, 0.15) is 16.0 Å². The van der Waals surface area contributed by atoms with Crippen LogP contribution >= 0.6 is 11.3 Å². The number of thiophene rings is 1. The molecule has 1 aromatic heterocycles. The lowest BCUT2D eigenvalue weighted by Crippen LogP contribution is -2.01. The monoisotopic (exact) mass is 240 g/mol. The van der Waals surface area contributed by atoms with Gasteiger partial charge in [-0.2, -0.15) is 5.26 Å². The molecular weight excluding hydrogens is 228 g/mol. The molecule has 0 radical (unpaired) electrons. The SMILES string of the molecule is Cc1ccccc1/C(N)=C(/C#N)c1cccs1. The minimum atomic E-state index is 0.549. The molecule has 2 nitrogen and oxygen atoms in total. The summed E-state index contributed by atoms with van der Waals surface area (Å²) in [5, 5.41) is 11.2. The summed E-state index contributed by atoms with van der Waals surface area (Å²) in [6.45, 7) is 1.99. The van der Waals surface area contributed by atoms with E-state index >= 15 is 0 Å². The Bertz CT molecular complexity index is 589. The fourth-order valence-corrected chi connectivity index (χ4v) is 2.41. The summed E-state index contributed by atoms with van der Waals surface area (Å²) >= 11 is 1.52. The van der Waals surface area contributed by atoms with Crippen LogP contribution in [-0.4, -0.2) is 0 Å². The molecule has 17 heavy (non-hydrogen) atoms. The zero-order valence-corrected chi connectivity index (χ0v) is 10.3. The van der Waals surface area contributed by atoms with E-state index in [0.717, 1.165) is 16.0 Å². The predicted octanol–water partition coefficient (Wildman–Crippen LogP) is 3.41. The van der Waals surface area contributed by atoms with Crippen molar-refractivity contribution in [3.8, 4) is 6.07 Å². The van der Waals surface area contributed by atoms with E-state index in [4.69, 9.17) is 5.73 Å². The smallest absolute Gasteiger partial charge is 0.103 e. The van der Waals surface area contributed by atoms with Gasteiger partial charge in [0.15, 0.2) is 0 Å². The first-order valence-corrected chi connectivity index (χ1v) is 6.11. The van der Waals surface area contributed by atoms with Gasteiger partial charge in [0.25, 0.3) is 0 Å². The largest absolute Gasteiger partial charge is 0.397 e. The minimum Gasteiger partial charge on any atom is -0.397 e. The van der Waals surface area contributed by atoms with E-state index in [0.29, 0.717) is 11.3 Å². The molecule has 0 saturated heterocycles. The third-order valence-corrected chi connectivity index (χ3v) is 3.47. The molecular formula is C14H12N2S. The van der Waals surface area contributed by atoms with Crippen molar-refractivity contribution in [3.63, 3.8) is 0 Å². The molecule has 0 aliphatic carbocycles. The average molecular weight is 240 g/mol. The third kappa shape index (κ3) is 2.22. The molecule has 3 heteroatoms. The van der Waals surface area contributed by atoms with Crippen LogP contribution in [0.4, 0.5) is 0 Å². The van der Waals surface area contributed by atoms with Crippen LogP contribution in [0.2, 0.25) is 0 Å². The Kier molecular flexibility index (Phi) is 3.27. The molecule has 0 atom stereocenters. The Hall–Kier alpha value is -2.05. The molecule has 0 aliphatic rings. The number of allylic oxidation sites excluding steroid dienone is 1. The van der Waals surface area contributed by atoms with Crippen molar-refractivity contribution in [2.45, 2.75) is 6.92 Å². The summed E-state index contributed by atoms with van der Waals surface area (Å²) in [5.74, 6) is 0. The number of aryl methyl sites for hydroxylation is 1. The van der Waals surface area contributed by atoms with Crippen LogP contribution in [0.3, 0.4) is 0 Å². The number of benzene rings is 1. The van der Waals surface area contributed by atoms with Gasteiger partial charge in [-0.25, -0.2) is 0 Å². The first-order chi connectivity index (χ1) is 8.24. The average Bonchev–Trinajstić information content (AvgIpc) is 2.84. The maximum absolute atomic E-state index is 9.24. The van der Waals surface area contributed by atoms with Crippen molar-refractivity contribution >= 4 is 22.6 Å². The second kappa shape index (κ2) is 4.86. The molecule has 0 amide bonds. The summed E-state index contributed by atoms with van der Waals surface area (Å²) in [6.07, 6.45) is 0. The van der Waals surface area contributed by atoms with E-state index in [9.17, 15) is 5.26 Å². The highest BCUT2D eigenvalue weighted by atomic mass is 32.1. The van der Waals surface area contributed by atoms with Gasteiger partial charge in [-0.05, 0) is 23.9 Å². The lowest BCUT2D eigenvalue weighted by atomic mass is 10.0. The maximum Gasteiger partial charge on any atom is 0.103 e. The van der Waals surface area contributed by atoms with Crippen LogP contribution in [0, 0.1) is 18.3 Å². The fourth-order valence-electron chi connectivity index (χ4n) is 1.68. The van der Waals surface area contributed by atoms with Crippen molar-refractivity contribution in [3.05, 3.63) is 57.8 Å². The highest BCUT2D eigenvalue weighted by Gasteiger charge is 2.10. The number of rotatable bonds is 2. The molecule has 0 bridgehead atoms. The predicted molar refractivity (Wildman–Crippen MR) is 72.1 cm³/mol. The Morgan fingerprint density at radius 3 is 2.59 bits per heavy atom. The Labute approximate surface area is 105 Å². The summed E-state index contributed by atoms with van der Waals surface area (Å²) in [5.41, 5.74) is 9.21. The first-order valence-electron chi connectivity index (χ1n) is 5.23. The van der Waals surface area contributed by atoms with E-state index in [1.807, 2.05) is 48.7 Å². The van der Waals surface area contributed by atoms with Gasteiger partial charge in [0.05, 0.1) is 11.3 Å². The van der Waals surface area contributed by atoms with Crippen molar-refractivity contribution in [1.29, 1.82) is 5.26 Å². The molecule has 0 unspecified atom stereocenters. The molecule has 84 valence electrons. The van der Waals surface area contributed by atoms with Crippen molar-refractivity contribution in [2.75, 3.05) is 0 Å². The van der Waals surface area contributed by atoms with Gasteiger partial charge in [0.1, 0.15) is 6.07 Å². The van der Waals surface area contributed by atoms with E-state index in [-0.39, 0.29) is 0 Å². The van der Waals surface area contributed by atoms with Gasteiger partial charge in [-0.1, -0.05) is 30.3 Å². The summed E-state index contributed by atoms with van der Waals surface area (Å²) in [6, 6.07) is 13.8. The number of hydrogen-bond acceptors (Lipinski definition) is 3. The van der Waals surface area contributed by atoms with Crippen LogP contribution in [-0.2, 0) is 0 Å². The zero-order chi connectivity index (χ0) is 12.3. The normalized spacial score (nSPS) is 11.8. The maximum atomic E-state index is 9.24. The Morgan fingerprint density at radius 1 is 1.24 bits per heavy atom. The van der Waals surface area contributed by atoms with Crippen molar-refractivity contribution in [2.24, 2.45) is 5.73 Å². The van der Waals surface area contributed by atoms with Crippen molar-refractivity contribution in [1.82, 2.24) is 0 Å². The highest BCUT2D eigenvalue weighted by molar-refractivity contribution is 7.11. The molecule has 2 N–H and O–H groups in total. The van der Waals surface area contributed by atoms with Crippen LogP contribution < -0.4 is 5.73 Å². The summed E-state index contributed by atoms with van der Waals surface area (Å²) < 4.78 is 0. The molecule has 1 heterocycles. The Morgan fingerprint density at radius 2 is 2.00 bits per heavy atom. The fraction of sp³-hybridized carbons (Fsp3) is 0.0714. The van der Waals surface area contributed by atoms with Gasteiger partial charge < -0.3 is 5.73 Å². The van der Waals surface area contributed by atoms with Gasteiger partial charge >= 0.3 is 0 Å². The van der Waals surface area contributed by atoms with Crippen LogP contribution in [0.15, 0.2) is 41.8 Å². The number of nitrogens with zero attached hydrogens (tertiary/aromatic N) is 1. The molecule has 1 aromatic carbocycles.